The number of amides is 2. The van der Waals surface area contributed by atoms with Gasteiger partial charge in [0, 0.05) is 19.6 Å². The third-order valence-electron chi connectivity index (χ3n) is 1.61. The number of hydrogen-bond acceptors (Lipinski definition) is 3. The number of rotatable bonds is 6. The van der Waals surface area contributed by atoms with E-state index in [4.69, 9.17) is 4.74 Å². The summed E-state index contributed by atoms with van der Waals surface area (Å²) < 4.78 is 5.21. The van der Waals surface area contributed by atoms with Gasteiger partial charge in [0.25, 0.3) is 0 Å². The number of nitrogens with zero attached hydrogens (tertiary/aromatic N) is 1. The first-order valence-corrected chi connectivity index (χ1v) is 5.16. The second-order valence-electron chi connectivity index (χ2n) is 4.29. The Morgan fingerprint density at radius 3 is 2.56 bits per heavy atom. The number of hydrogen-bond donors (Lipinski definition) is 1. The Bertz CT molecular complexity index is 246. The van der Waals surface area contributed by atoms with Crippen molar-refractivity contribution in [3.63, 3.8) is 0 Å². The molecule has 5 nitrogen and oxygen atoms in total. The lowest BCUT2D eigenvalue weighted by Crippen LogP contribution is -2.40. The highest BCUT2D eigenvalue weighted by Gasteiger charge is 2.20. The molecule has 0 radical (unpaired) electrons. The van der Waals surface area contributed by atoms with Gasteiger partial charge in [0.1, 0.15) is 5.60 Å². The molecule has 0 rings (SSSR count). The van der Waals surface area contributed by atoms with E-state index in [-0.39, 0.29) is 0 Å². The van der Waals surface area contributed by atoms with Crippen molar-refractivity contribution in [3.05, 3.63) is 12.7 Å². The van der Waals surface area contributed by atoms with Gasteiger partial charge in [-0.25, -0.2) is 4.79 Å². The van der Waals surface area contributed by atoms with Crippen molar-refractivity contribution in [3.8, 4) is 0 Å². The Morgan fingerprint density at radius 2 is 2.12 bits per heavy atom. The van der Waals surface area contributed by atoms with Gasteiger partial charge in [-0.05, 0) is 20.8 Å². The van der Waals surface area contributed by atoms with Gasteiger partial charge < -0.3 is 15.0 Å². The monoisotopic (exact) mass is 228 g/mol. The van der Waals surface area contributed by atoms with Gasteiger partial charge in [0.2, 0.25) is 6.41 Å². The SMILES string of the molecule is C=CCN(CCNC=O)C(=O)OC(C)(C)C. The largest absolute Gasteiger partial charge is 0.444 e. The molecule has 5 heteroatoms. The zero-order chi connectivity index (χ0) is 12.6. The Labute approximate surface area is 96.4 Å². The second-order valence-corrected chi connectivity index (χ2v) is 4.29. The summed E-state index contributed by atoms with van der Waals surface area (Å²) >= 11 is 0. The molecule has 0 bridgehead atoms. The van der Waals surface area contributed by atoms with E-state index in [1.165, 1.54) is 4.90 Å². The highest BCUT2D eigenvalue weighted by molar-refractivity contribution is 5.68. The van der Waals surface area contributed by atoms with Crippen LogP contribution in [0, 0.1) is 0 Å². The Morgan fingerprint density at radius 1 is 1.50 bits per heavy atom. The third-order valence-corrected chi connectivity index (χ3v) is 1.61. The highest BCUT2D eigenvalue weighted by atomic mass is 16.6. The number of carbonyl (C=O) groups excluding carboxylic acids is 2. The maximum Gasteiger partial charge on any atom is 0.410 e. The van der Waals surface area contributed by atoms with E-state index in [0.29, 0.717) is 26.0 Å². The lowest BCUT2D eigenvalue weighted by Gasteiger charge is -2.26. The first-order valence-electron chi connectivity index (χ1n) is 5.16. The van der Waals surface area contributed by atoms with E-state index in [1.807, 2.05) is 0 Å². The van der Waals surface area contributed by atoms with Crippen molar-refractivity contribution in [2.24, 2.45) is 0 Å². The van der Waals surface area contributed by atoms with Crippen LogP contribution >= 0.6 is 0 Å². The van der Waals surface area contributed by atoms with Gasteiger partial charge in [0.15, 0.2) is 0 Å². The maximum atomic E-state index is 11.7. The minimum absolute atomic E-state index is 0.398. The van der Waals surface area contributed by atoms with Crippen LogP contribution in [0.3, 0.4) is 0 Å². The molecule has 0 aromatic carbocycles. The minimum atomic E-state index is -0.519. The normalized spacial score (nSPS) is 10.4. The smallest absolute Gasteiger partial charge is 0.410 e. The first-order chi connectivity index (χ1) is 7.40. The molecule has 0 saturated carbocycles. The molecule has 0 aliphatic carbocycles. The second kappa shape index (κ2) is 6.87. The van der Waals surface area contributed by atoms with Crippen LogP contribution in [0.5, 0.6) is 0 Å². The molecule has 0 aromatic heterocycles. The van der Waals surface area contributed by atoms with Crippen LogP contribution in [0.1, 0.15) is 20.8 Å². The van der Waals surface area contributed by atoms with Gasteiger partial charge in [-0.1, -0.05) is 6.08 Å². The highest BCUT2D eigenvalue weighted by Crippen LogP contribution is 2.09. The standard InChI is InChI=1S/C11H20N2O3/c1-5-7-13(8-6-12-9-14)10(15)16-11(2,3)4/h5,9H,1,6-8H2,2-4H3,(H,12,14). The van der Waals surface area contributed by atoms with Crippen molar-refractivity contribution in [2.75, 3.05) is 19.6 Å². The van der Waals surface area contributed by atoms with Crippen LogP contribution < -0.4 is 5.32 Å². The summed E-state index contributed by atoms with van der Waals surface area (Å²) in [6.45, 7) is 10.2. The molecule has 0 spiro atoms. The first kappa shape index (κ1) is 14.5. The van der Waals surface area contributed by atoms with Crippen molar-refractivity contribution < 1.29 is 14.3 Å². The van der Waals surface area contributed by atoms with Gasteiger partial charge in [0.05, 0.1) is 0 Å². The van der Waals surface area contributed by atoms with Gasteiger partial charge in [-0.2, -0.15) is 0 Å². The topological polar surface area (TPSA) is 58.6 Å². The lowest BCUT2D eigenvalue weighted by atomic mass is 10.2. The zero-order valence-electron chi connectivity index (χ0n) is 10.2. The molecule has 0 fully saturated rings. The fourth-order valence-corrected chi connectivity index (χ4v) is 0.998. The third kappa shape index (κ3) is 6.86. The molecule has 2 amide bonds. The van der Waals surface area contributed by atoms with E-state index in [2.05, 4.69) is 11.9 Å². The van der Waals surface area contributed by atoms with E-state index in [0.717, 1.165) is 0 Å². The molecule has 1 N–H and O–H groups in total. The van der Waals surface area contributed by atoms with Gasteiger partial charge in [-0.3, -0.25) is 4.79 Å². The summed E-state index contributed by atoms with van der Waals surface area (Å²) in [7, 11) is 0. The van der Waals surface area contributed by atoms with Crippen molar-refractivity contribution in [2.45, 2.75) is 26.4 Å². The summed E-state index contributed by atoms with van der Waals surface area (Å²) in [4.78, 5) is 23.2. The fourth-order valence-electron chi connectivity index (χ4n) is 0.998. The molecule has 0 unspecified atom stereocenters. The van der Waals surface area contributed by atoms with Crippen molar-refractivity contribution >= 4 is 12.5 Å². The molecule has 92 valence electrons. The van der Waals surface area contributed by atoms with Crippen molar-refractivity contribution in [1.29, 1.82) is 0 Å². The molecule has 0 atom stereocenters. The summed E-state index contributed by atoms with van der Waals surface area (Å²) in [6.07, 6.45) is 1.81. The molecule has 0 saturated heterocycles. The van der Waals surface area contributed by atoms with E-state index in [9.17, 15) is 9.59 Å². The van der Waals surface area contributed by atoms with E-state index < -0.39 is 11.7 Å². The zero-order valence-corrected chi connectivity index (χ0v) is 10.2. The lowest BCUT2D eigenvalue weighted by molar-refractivity contribution is -0.109. The molecule has 0 heterocycles. The molecular weight excluding hydrogens is 208 g/mol. The van der Waals surface area contributed by atoms with E-state index >= 15 is 0 Å². The van der Waals surface area contributed by atoms with Crippen LogP contribution in [0.25, 0.3) is 0 Å². The predicted octanol–water partition coefficient (Wildman–Crippen LogP) is 1.16. The van der Waals surface area contributed by atoms with Crippen LogP contribution in [0.4, 0.5) is 4.79 Å². The quantitative estimate of drug-likeness (QED) is 0.421. The Kier molecular flexibility index (Phi) is 6.22. The number of nitrogens with one attached hydrogen (secondary N) is 1. The van der Waals surface area contributed by atoms with Crippen LogP contribution in [0.2, 0.25) is 0 Å². The van der Waals surface area contributed by atoms with Crippen LogP contribution in [-0.2, 0) is 9.53 Å². The summed E-state index contributed by atoms with van der Waals surface area (Å²) in [6, 6.07) is 0. The maximum absolute atomic E-state index is 11.7. The van der Waals surface area contributed by atoms with Crippen LogP contribution in [-0.4, -0.2) is 42.6 Å². The van der Waals surface area contributed by atoms with Crippen LogP contribution in [0.15, 0.2) is 12.7 Å². The van der Waals surface area contributed by atoms with Gasteiger partial charge >= 0.3 is 6.09 Å². The van der Waals surface area contributed by atoms with Gasteiger partial charge in [-0.15, -0.1) is 6.58 Å². The average molecular weight is 228 g/mol. The molecule has 16 heavy (non-hydrogen) atoms. The Hall–Kier alpha value is -1.52. The summed E-state index contributed by atoms with van der Waals surface area (Å²) in [5.41, 5.74) is -0.519. The predicted molar refractivity (Wildman–Crippen MR) is 62.1 cm³/mol. The fraction of sp³-hybridized carbons (Fsp3) is 0.636. The molecular formula is C11H20N2O3. The molecule has 0 aromatic rings. The number of ether oxygens (including phenoxy) is 1. The molecule has 0 aliphatic rings. The number of carbonyl (C=O) groups is 2. The van der Waals surface area contributed by atoms with E-state index in [1.54, 1.807) is 26.8 Å². The average Bonchev–Trinajstić information content (AvgIpc) is 2.14. The van der Waals surface area contributed by atoms with Crippen molar-refractivity contribution in [1.82, 2.24) is 10.2 Å². The minimum Gasteiger partial charge on any atom is -0.444 e. The summed E-state index contributed by atoms with van der Waals surface area (Å²) in [5.74, 6) is 0. The molecule has 0 aliphatic heterocycles. The summed E-state index contributed by atoms with van der Waals surface area (Å²) in [5, 5.41) is 2.49. The Balaban J connectivity index is 4.22.